The second-order valence-corrected chi connectivity index (χ2v) is 7.31. The van der Waals surface area contributed by atoms with E-state index < -0.39 is 17.5 Å². The Labute approximate surface area is 141 Å². The van der Waals surface area contributed by atoms with Crippen LogP contribution in [0, 0.1) is 11.3 Å². The Bertz CT molecular complexity index is 715. The summed E-state index contributed by atoms with van der Waals surface area (Å²) in [5, 5.41) is 2.93. The quantitative estimate of drug-likeness (QED) is 0.840. The maximum Gasteiger partial charge on any atom is 0.252 e. The Morgan fingerprint density at radius 1 is 1.29 bits per heavy atom. The number of carbonyl (C=O) groups is 3. The van der Waals surface area contributed by atoms with E-state index in [2.05, 4.69) is 5.32 Å². The van der Waals surface area contributed by atoms with Crippen LogP contribution in [-0.4, -0.2) is 47.7 Å². The first-order chi connectivity index (χ1) is 11.3. The Hall–Kier alpha value is -2.21. The lowest BCUT2D eigenvalue weighted by molar-refractivity contribution is -0.132. The third kappa shape index (κ3) is 2.41. The highest BCUT2D eigenvalue weighted by molar-refractivity contribution is 6.12. The van der Waals surface area contributed by atoms with Gasteiger partial charge in [0.2, 0.25) is 5.91 Å². The van der Waals surface area contributed by atoms with E-state index in [0.29, 0.717) is 17.7 Å². The molecule has 1 aromatic carbocycles. The monoisotopic (exact) mass is 329 g/mol. The van der Waals surface area contributed by atoms with Gasteiger partial charge in [0, 0.05) is 18.7 Å². The minimum absolute atomic E-state index is 0.0155. The number of carbonyl (C=O) groups excluding carboxylic acids is 3. The van der Waals surface area contributed by atoms with Crippen LogP contribution in [0.1, 0.15) is 41.5 Å². The Morgan fingerprint density at radius 3 is 2.54 bits per heavy atom. The number of nitrogens with two attached hydrogens (primary N) is 1. The van der Waals surface area contributed by atoms with Crippen LogP contribution in [0.2, 0.25) is 0 Å². The number of amides is 2. The molecule has 128 valence electrons. The van der Waals surface area contributed by atoms with Crippen molar-refractivity contribution >= 4 is 17.6 Å². The van der Waals surface area contributed by atoms with Crippen molar-refractivity contribution in [3.63, 3.8) is 0 Å². The van der Waals surface area contributed by atoms with E-state index in [0.717, 1.165) is 0 Å². The number of likely N-dealkylation sites (tertiary alicyclic amines) is 1. The SMILES string of the molecule is CC(C)[C@H](N)C(=O)N1C[C@H]2NC(=O)c3ccccc3C(=O)[C@@]2(C)C1. The topological polar surface area (TPSA) is 92.5 Å². The normalized spacial score (nSPS) is 27.4. The molecule has 2 heterocycles. The van der Waals surface area contributed by atoms with Gasteiger partial charge in [-0.1, -0.05) is 32.0 Å². The number of hydrogen-bond donors (Lipinski definition) is 2. The highest BCUT2D eigenvalue weighted by Crippen LogP contribution is 2.37. The second-order valence-electron chi connectivity index (χ2n) is 7.31. The maximum atomic E-state index is 13.1. The third-order valence-electron chi connectivity index (χ3n) is 5.25. The molecular weight excluding hydrogens is 306 g/mol. The molecule has 2 aliphatic rings. The lowest BCUT2D eigenvalue weighted by Crippen LogP contribution is -2.47. The van der Waals surface area contributed by atoms with E-state index in [1.807, 2.05) is 20.8 Å². The van der Waals surface area contributed by atoms with Gasteiger partial charge in [0.05, 0.1) is 23.1 Å². The first-order valence-electron chi connectivity index (χ1n) is 8.24. The maximum absolute atomic E-state index is 13.1. The van der Waals surface area contributed by atoms with Crippen LogP contribution >= 0.6 is 0 Å². The third-order valence-corrected chi connectivity index (χ3v) is 5.25. The zero-order valence-corrected chi connectivity index (χ0v) is 14.2. The second kappa shape index (κ2) is 5.70. The Morgan fingerprint density at radius 2 is 1.92 bits per heavy atom. The first-order valence-corrected chi connectivity index (χ1v) is 8.24. The molecule has 6 nitrogen and oxygen atoms in total. The van der Waals surface area contributed by atoms with Gasteiger partial charge in [-0.25, -0.2) is 0 Å². The largest absolute Gasteiger partial charge is 0.346 e. The van der Waals surface area contributed by atoms with E-state index in [1.165, 1.54) is 0 Å². The molecule has 0 radical (unpaired) electrons. The summed E-state index contributed by atoms with van der Waals surface area (Å²) in [6.45, 7) is 6.17. The molecular formula is C18H23N3O3. The summed E-state index contributed by atoms with van der Waals surface area (Å²) in [6, 6.07) is 5.81. The summed E-state index contributed by atoms with van der Waals surface area (Å²) < 4.78 is 0. The molecule has 0 aromatic heterocycles. The number of nitrogens with one attached hydrogen (secondary N) is 1. The van der Waals surface area contributed by atoms with Crippen molar-refractivity contribution in [1.82, 2.24) is 10.2 Å². The van der Waals surface area contributed by atoms with Crippen LogP contribution in [0.3, 0.4) is 0 Å². The number of hydrogen-bond acceptors (Lipinski definition) is 4. The minimum atomic E-state index is -0.839. The van der Waals surface area contributed by atoms with Gasteiger partial charge in [-0.3, -0.25) is 14.4 Å². The molecule has 1 aromatic rings. The summed E-state index contributed by atoms with van der Waals surface area (Å²) in [6.07, 6.45) is 0. The molecule has 3 atom stereocenters. The van der Waals surface area contributed by atoms with Crippen LogP contribution in [0.4, 0.5) is 0 Å². The molecule has 0 bridgehead atoms. The lowest BCUT2D eigenvalue weighted by atomic mass is 9.78. The summed E-state index contributed by atoms with van der Waals surface area (Å²) in [7, 11) is 0. The lowest BCUT2D eigenvalue weighted by Gasteiger charge is -2.27. The Kier molecular flexibility index (Phi) is 3.95. The van der Waals surface area contributed by atoms with Gasteiger partial charge in [-0.2, -0.15) is 0 Å². The zero-order chi connectivity index (χ0) is 17.6. The van der Waals surface area contributed by atoms with Gasteiger partial charge in [0.25, 0.3) is 5.91 Å². The van der Waals surface area contributed by atoms with E-state index >= 15 is 0 Å². The number of rotatable bonds is 2. The molecule has 2 amide bonds. The van der Waals surface area contributed by atoms with Crippen LogP contribution in [0.25, 0.3) is 0 Å². The van der Waals surface area contributed by atoms with Gasteiger partial charge in [0.1, 0.15) is 0 Å². The fourth-order valence-electron chi connectivity index (χ4n) is 3.51. The fourth-order valence-corrected chi connectivity index (χ4v) is 3.51. The number of ketones is 1. The highest BCUT2D eigenvalue weighted by Gasteiger charge is 2.53. The van der Waals surface area contributed by atoms with Gasteiger partial charge >= 0.3 is 0 Å². The Balaban J connectivity index is 1.95. The van der Waals surface area contributed by atoms with Crippen LogP contribution in [-0.2, 0) is 4.79 Å². The van der Waals surface area contributed by atoms with Crippen molar-refractivity contribution in [2.45, 2.75) is 32.9 Å². The van der Waals surface area contributed by atoms with Crippen LogP contribution in [0.5, 0.6) is 0 Å². The summed E-state index contributed by atoms with van der Waals surface area (Å²) >= 11 is 0. The molecule has 0 aliphatic carbocycles. The number of Topliss-reactive ketones (excluding diaryl/α,β-unsaturated/α-hetero) is 1. The van der Waals surface area contributed by atoms with Crippen molar-refractivity contribution in [2.75, 3.05) is 13.1 Å². The molecule has 0 unspecified atom stereocenters. The molecule has 3 rings (SSSR count). The van der Waals surface area contributed by atoms with Crippen molar-refractivity contribution in [3.05, 3.63) is 35.4 Å². The molecule has 2 aliphatic heterocycles. The van der Waals surface area contributed by atoms with E-state index in [9.17, 15) is 14.4 Å². The number of nitrogens with zero attached hydrogens (tertiary/aromatic N) is 1. The number of benzene rings is 1. The van der Waals surface area contributed by atoms with E-state index in [4.69, 9.17) is 5.73 Å². The average Bonchev–Trinajstić information content (AvgIpc) is 2.87. The van der Waals surface area contributed by atoms with Crippen molar-refractivity contribution in [3.8, 4) is 0 Å². The molecule has 6 heteroatoms. The fraction of sp³-hybridized carbons (Fsp3) is 0.500. The summed E-state index contributed by atoms with van der Waals surface area (Å²) in [5.74, 6) is -0.527. The highest BCUT2D eigenvalue weighted by atomic mass is 16.2. The van der Waals surface area contributed by atoms with Crippen molar-refractivity contribution in [2.24, 2.45) is 17.1 Å². The van der Waals surface area contributed by atoms with E-state index in [-0.39, 0.29) is 30.1 Å². The standard InChI is InChI=1S/C18H23N3O3/c1-10(2)14(19)17(24)21-8-13-18(3,9-21)15(22)11-6-4-5-7-12(11)16(23)20-13/h4-7,10,13-14H,8-9,19H2,1-3H3,(H,20,23)/t13-,14+,18+/m1/s1. The summed E-state index contributed by atoms with van der Waals surface area (Å²) in [4.78, 5) is 39.7. The predicted octanol–water partition coefficient (Wildman–Crippen LogP) is 0.813. The van der Waals surface area contributed by atoms with Crippen molar-refractivity contribution < 1.29 is 14.4 Å². The van der Waals surface area contributed by atoms with Crippen LogP contribution < -0.4 is 11.1 Å². The number of fused-ring (bicyclic) bond motifs is 2. The molecule has 1 fully saturated rings. The van der Waals surface area contributed by atoms with Gasteiger partial charge in [-0.15, -0.1) is 0 Å². The average molecular weight is 329 g/mol. The van der Waals surface area contributed by atoms with E-state index in [1.54, 1.807) is 29.2 Å². The molecule has 3 N–H and O–H groups in total. The van der Waals surface area contributed by atoms with Crippen LogP contribution in [0.15, 0.2) is 24.3 Å². The molecule has 0 spiro atoms. The molecule has 1 saturated heterocycles. The molecule has 0 saturated carbocycles. The first kappa shape index (κ1) is 16.6. The van der Waals surface area contributed by atoms with Crippen molar-refractivity contribution in [1.29, 1.82) is 0 Å². The van der Waals surface area contributed by atoms with Gasteiger partial charge < -0.3 is 16.0 Å². The minimum Gasteiger partial charge on any atom is -0.346 e. The predicted molar refractivity (Wildman–Crippen MR) is 89.5 cm³/mol. The van der Waals surface area contributed by atoms with Gasteiger partial charge in [-0.05, 0) is 18.9 Å². The smallest absolute Gasteiger partial charge is 0.252 e. The zero-order valence-electron chi connectivity index (χ0n) is 14.2. The molecule has 24 heavy (non-hydrogen) atoms. The van der Waals surface area contributed by atoms with Gasteiger partial charge in [0.15, 0.2) is 5.78 Å². The summed E-state index contributed by atoms with van der Waals surface area (Å²) in [5.41, 5.74) is 5.96.